The number of ketones is 1. The maximum absolute atomic E-state index is 11.6. The Bertz CT molecular complexity index is 373. The topological polar surface area (TPSA) is 46.5 Å². The highest BCUT2D eigenvalue weighted by Crippen LogP contribution is 2.28. The highest BCUT2D eigenvalue weighted by Gasteiger charge is 2.20. The fourth-order valence-corrected chi connectivity index (χ4v) is 1.80. The summed E-state index contributed by atoms with van der Waals surface area (Å²) in [7, 11) is 1.58. The van der Waals surface area contributed by atoms with Crippen LogP contribution in [0.4, 0.5) is 0 Å². The normalized spacial score (nSPS) is 17.2. The van der Waals surface area contributed by atoms with E-state index in [2.05, 4.69) is 0 Å². The van der Waals surface area contributed by atoms with Gasteiger partial charge in [-0.25, -0.2) is 0 Å². The number of rotatable bonds is 4. The van der Waals surface area contributed by atoms with E-state index in [1.165, 1.54) is 6.92 Å². The Labute approximate surface area is 96.1 Å². The van der Waals surface area contributed by atoms with E-state index in [1.807, 2.05) is 19.1 Å². The monoisotopic (exact) mass is 222 g/mol. The van der Waals surface area contributed by atoms with Gasteiger partial charge in [-0.1, -0.05) is 13.0 Å². The molecule has 0 aliphatic heterocycles. The number of carbonyl (C=O) groups is 1. The molecule has 0 heterocycles. The Kier molecular flexibility index (Phi) is 4.35. The van der Waals surface area contributed by atoms with Gasteiger partial charge in [0.05, 0.1) is 12.7 Å². The number of ether oxygens (including phenoxy) is 1. The molecule has 0 amide bonds. The molecule has 0 aromatic rings. The van der Waals surface area contributed by atoms with Gasteiger partial charge in [-0.05, 0) is 25.8 Å². The lowest BCUT2D eigenvalue weighted by molar-refractivity contribution is -0.113. The molecular formula is C13H18O3. The van der Waals surface area contributed by atoms with Gasteiger partial charge < -0.3 is 9.84 Å². The molecule has 0 aromatic carbocycles. The van der Waals surface area contributed by atoms with Crippen LogP contribution in [-0.4, -0.2) is 18.0 Å². The maximum Gasteiger partial charge on any atom is 0.163 e. The van der Waals surface area contributed by atoms with Gasteiger partial charge in [0.15, 0.2) is 5.78 Å². The van der Waals surface area contributed by atoms with Gasteiger partial charge in [-0.15, -0.1) is 0 Å². The zero-order valence-electron chi connectivity index (χ0n) is 10.0. The SMILES string of the molecule is CCC(O)=C(C(C)=O)C1=CCCC=C1OC. The number of methoxy groups -OCH3 is 1. The number of aliphatic hydroxyl groups excluding tert-OH is 1. The molecule has 0 bridgehead atoms. The minimum absolute atomic E-state index is 0.128. The smallest absolute Gasteiger partial charge is 0.163 e. The first kappa shape index (κ1) is 12.6. The molecule has 1 N–H and O–H groups in total. The quantitative estimate of drug-likeness (QED) is 0.587. The zero-order chi connectivity index (χ0) is 12.1. The van der Waals surface area contributed by atoms with Crippen molar-refractivity contribution in [3.8, 4) is 0 Å². The number of hydrogen-bond acceptors (Lipinski definition) is 3. The highest BCUT2D eigenvalue weighted by atomic mass is 16.5. The first-order chi connectivity index (χ1) is 7.61. The van der Waals surface area contributed by atoms with E-state index in [4.69, 9.17) is 4.74 Å². The van der Waals surface area contributed by atoms with Gasteiger partial charge >= 0.3 is 0 Å². The van der Waals surface area contributed by atoms with Crippen molar-refractivity contribution >= 4 is 5.78 Å². The summed E-state index contributed by atoms with van der Waals surface area (Å²) in [6.07, 6.45) is 6.12. The Morgan fingerprint density at radius 2 is 2.06 bits per heavy atom. The molecule has 0 unspecified atom stereocenters. The lowest BCUT2D eigenvalue weighted by atomic mass is 9.93. The third-order valence-electron chi connectivity index (χ3n) is 2.58. The lowest BCUT2D eigenvalue weighted by Crippen LogP contribution is -2.09. The Hall–Kier alpha value is -1.51. The molecule has 0 saturated carbocycles. The maximum atomic E-state index is 11.6. The summed E-state index contributed by atoms with van der Waals surface area (Å²) in [6, 6.07) is 0. The molecule has 1 aliphatic carbocycles. The van der Waals surface area contributed by atoms with E-state index in [-0.39, 0.29) is 11.5 Å². The van der Waals surface area contributed by atoms with Crippen LogP contribution in [0.15, 0.2) is 34.8 Å². The molecule has 1 rings (SSSR count). The fraction of sp³-hybridized carbons (Fsp3) is 0.462. The van der Waals surface area contributed by atoms with Crippen molar-refractivity contribution in [2.45, 2.75) is 33.1 Å². The van der Waals surface area contributed by atoms with Gasteiger partial charge in [-0.2, -0.15) is 0 Å². The van der Waals surface area contributed by atoms with Gasteiger partial charge in [0.1, 0.15) is 11.5 Å². The molecule has 0 atom stereocenters. The van der Waals surface area contributed by atoms with Gasteiger partial charge in [0.25, 0.3) is 0 Å². The molecule has 0 saturated heterocycles. The minimum atomic E-state index is -0.129. The van der Waals surface area contributed by atoms with Crippen molar-refractivity contribution in [2.24, 2.45) is 0 Å². The molecule has 88 valence electrons. The average Bonchev–Trinajstić information content (AvgIpc) is 2.29. The second kappa shape index (κ2) is 5.54. The first-order valence-electron chi connectivity index (χ1n) is 5.49. The second-order valence-electron chi connectivity index (χ2n) is 3.70. The van der Waals surface area contributed by atoms with Crippen LogP contribution in [-0.2, 0) is 9.53 Å². The van der Waals surface area contributed by atoms with E-state index < -0.39 is 0 Å². The Morgan fingerprint density at radius 1 is 1.44 bits per heavy atom. The van der Waals surface area contributed by atoms with Gasteiger partial charge in [0, 0.05) is 12.0 Å². The van der Waals surface area contributed by atoms with E-state index in [1.54, 1.807) is 7.11 Å². The Balaban J connectivity index is 3.19. The van der Waals surface area contributed by atoms with E-state index in [0.717, 1.165) is 18.4 Å². The van der Waals surface area contributed by atoms with Gasteiger partial charge in [0.2, 0.25) is 0 Å². The molecule has 16 heavy (non-hydrogen) atoms. The van der Waals surface area contributed by atoms with Crippen LogP contribution in [0.3, 0.4) is 0 Å². The van der Waals surface area contributed by atoms with Crippen LogP contribution in [0.1, 0.15) is 33.1 Å². The van der Waals surface area contributed by atoms with Crippen molar-refractivity contribution in [3.63, 3.8) is 0 Å². The molecule has 3 heteroatoms. The van der Waals surface area contributed by atoms with Crippen molar-refractivity contribution < 1.29 is 14.6 Å². The van der Waals surface area contributed by atoms with Crippen LogP contribution in [0.25, 0.3) is 0 Å². The van der Waals surface area contributed by atoms with Crippen LogP contribution in [0, 0.1) is 0 Å². The summed E-state index contributed by atoms with van der Waals surface area (Å²) in [5.41, 5.74) is 1.11. The largest absolute Gasteiger partial charge is 0.512 e. The summed E-state index contributed by atoms with van der Waals surface area (Å²) in [5, 5.41) is 9.79. The summed E-state index contributed by atoms with van der Waals surface area (Å²) < 4.78 is 5.22. The van der Waals surface area contributed by atoms with Crippen LogP contribution < -0.4 is 0 Å². The van der Waals surface area contributed by atoms with Crippen molar-refractivity contribution in [1.29, 1.82) is 0 Å². The van der Waals surface area contributed by atoms with Crippen LogP contribution >= 0.6 is 0 Å². The van der Waals surface area contributed by atoms with Gasteiger partial charge in [-0.3, -0.25) is 4.79 Å². The van der Waals surface area contributed by atoms with Crippen LogP contribution in [0.2, 0.25) is 0 Å². The molecule has 0 radical (unpaired) electrons. The number of aliphatic hydroxyl groups is 1. The highest BCUT2D eigenvalue weighted by molar-refractivity contribution is 5.99. The summed E-state index contributed by atoms with van der Waals surface area (Å²) in [6.45, 7) is 3.28. The average molecular weight is 222 g/mol. The number of Topliss-reactive ketones (excluding diaryl/α,β-unsaturated/α-hetero) is 1. The predicted molar refractivity (Wildman–Crippen MR) is 63.0 cm³/mol. The summed E-state index contributed by atoms with van der Waals surface area (Å²) >= 11 is 0. The predicted octanol–water partition coefficient (Wildman–Crippen LogP) is 3.05. The van der Waals surface area contributed by atoms with Crippen LogP contribution in [0.5, 0.6) is 0 Å². The molecule has 3 nitrogen and oxygen atoms in total. The number of allylic oxidation sites excluding steroid dienone is 4. The second-order valence-corrected chi connectivity index (χ2v) is 3.70. The number of hydrogen-bond donors (Lipinski definition) is 1. The third kappa shape index (κ3) is 2.54. The molecule has 0 spiro atoms. The molecule has 0 aromatic heterocycles. The van der Waals surface area contributed by atoms with E-state index in [0.29, 0.717) is 17.8 Å². The van der Waals surface area contributed by atoms with E-state index in [9.17, 15) is 9.90 Å². The lowest BCUT2D eigenvalue weighted by Gasteiger charge is -2.17. The molecule has 1 aliphatic rings. The fourth-order valence-electron chi connectivity index (χ4n) is 1.80. The Morgan fingerprint density at radius 3 is 2.56 bits per heavy atom. The zero-order valence-corrected chi connectivity index (χ0v) is 10.0. The van der Waals surface area contributed by atoms with Crippen molar-refractivity contribution in [1.82, 2.24) is 0 Å². The summed E-state index contributed by atoms with van der Waals surface area (Å²) in [5.74, 6) is 0.676. The standard InChI is InChI=1S/C13H18O3/c1-4-11(15)13(9(2)14)10-7-5-6-8-12(10)16-3/h7-8,15H,4-6H2,1-3H3. The summed E-state index contributed by atoms with van der Waals surface area (Å²) in [4.78, 5) is 11.6. The number of carbonyl (C=O) groups excluding carboxylic acids is 1. The first-order valence-corrected chi connectivity index (χ1v) is 5.49. The molecular weight excluding hydrogens is 204 g/mol. The molecule has 0 fully saturated rings. The van der Waals surface area contributed by atoms with Crippen molar-refractivity contribution in [3.05, 3.63) is 34.8 Å². The van der Waals surface area contributed by atoms with E-state index >= 15 is 0 Å². The minimum Gasteiger partial charge on any atom is -0.512 e. The third-order valence-corrected chi connectivity index (χ3v) is 2.58. The van der Waals surface area contributed by atoms with Crippen molar-refractivity contribution in [2.75, 3.05) is 7.11 Å².